The van der Waals surface area contributed by atoms with Gasteiger partial charge in [-0.2, -0.15) is 43.9 Å². The maximum Gasteiger partial charge on any atom is 0.384 e. The van der Waals surface area contributed by atoms with Crippen molar-refractivity contribution in [2.75, 3.05) is 0 Å². The van der Waals surface area contributed by atoms with E-state index in [1.54, 1.807) is 0 Å². The summed E-state index contributed by atoms with van der Waals surface area (Å²) in [6, 6.07) is 0. The van der Waals surface area contributed by atoms with Gasteiger partial charge in [-0.3, -0.25) is 4.57 Å². The van der Waals surface area contributed by atoms with Crippen molar-refractivity contribution in [1.29, 1.82) is 0 Å². The number of hydrogen-bond donors (Lipinski definition) is 2. The highest BCUT2D eigenvalue weighted by Gasteiger charge is 2.87. The first-order valence-corrected chi connectivity index (χ1v) is 7.12. The zero-order valence-electron chi connectivity index (χ0n) is 11.0. The van der Waals surface area contributed by atoms with E-state index < -0.39 is 56.0 Å². The molecule has 152 valence electrons. The highest BCUT2D eigenvalue weighted by Crippen LogP contribution is 2.60. The van der Waals surface area contributed by atoms with Gasteiger partial charge in [0.15, 0.2) is 0 Å². The van der Waals surface area contributed by atoms with Crippen molar-refractivity contribution >= 4 is 7.60 Å². The Balaban J connectivity index is 6.08. The highest BCUT2D eigenvalue weighted by atomic mass is 31.2. The Morgan fingerprint density at radius 3 is 1.36 bits per heavy atom. The molecule has 0 aromatic heterocycles. The molecule has 0 radical (unpaired) electrons. The molecule has 0 aromatic rings. The van der Waals surface area contributed by atoms with Crippen molar-refractivity contribution < 1.29 is 71.4 Å². The van der Waals surface area contributed by atoms with E-state index in [1.807, 2.05) is 0 Å². The average Bonchev–Trinajstić information content (AvgIpc) is 2.35. The Morgan fingerprint density at radius 2 is 1.08 bits per heavy atom. The quantitative estimate of drug-likeness (QED) is 0.448. The Morgan fingerprint density at radius 1 is 0.720 bits per heavy atom. The van der Waals surface area contributed by atoms with Crippen molar-refractivity contribution in [1.82, 2.24) is 0 Å². The molecule has 25 heavy (non-hydrogen) atoms. The topological polar surface area (TPSA) is 57.5 Å². The Hall–Kier alpha value is -0.760. The van der Waals surface area contributed by atoms with Crippen LogP contribution in [0.15, 0.2) is 0 Å². The van der Waals surface area contributed by atoms with Crippen LogP contribution in [0, 0.1) is 0 Å². The second-order valence-electron chi connectivity index (χ2n) is 4.58. The first-order valence-electron chi connectivity index (χ1n) is 5.44. The largest absolute Gasteiger partial charge is 0.384 e. The molecular formula is C8H6F13O3P. The van der Waals surface area contributed by atoms with Gasteiger partial charge >= 0.3 is 43.6 Å². The molecule has 17 heteroatoms. The normalized spacial score (nSPS) is 17.1. The molecule has 1 atom stereocenters. The molecule has 0 fully saturated rings. The molecule has 0 saturated heterocycles. The summed E-state index contributed by atoms with van der Waals surface area (Å²) in [7, 11) is -6.24. The van der Waals surface area contributed by atoms with E-state index in [-0.39, 0.29) is 0 Å². The van der Waals surface area contributed by atoms with Gasteiger partial charge in [0, 0.05) is 0 Å². The Labute approximate surface area is 128 Å². The second kappa shape index (κ2) is 6.44. The Bertz CT molecular complexity index is 527. The second-order valence-corrected chi connectivity index (χ2v) is 6.32. The summed E-state index contributed by atoms with van der Waals surface area (Å²) in [5, 5.41) is 0. The summed E-state index contributed by atoms with van der Waals surface area (Å²) in [4.78, 5) is 16.2. The highest BCUT2D eigenvalue weighted by molar-refractivity contribution is 7.52. The average molecular weight is 428 g/mol. The van der Waals surface area contributed by atoms with Crippen LogP contribution < -0.4 is 0 Å². The third-order valence-electron chi connectivity index (χ3n) is 2.73. The van der Waals surface area contributed by atoms with Crippen LogP contribution in [0.5, 0.6) is 0 Å². The van der Waals surface area contributed by atoms with Gasteiger partial charge < -0.3 is 9.79 Å². The molecule has 0 amide bonds. The van der Waals surface area contributed by atoms with Crippen LogP contribution in [0.3, 0.4) is 0 Å². The lowest BCUT2D eigenvalue weighted by atomic mass is 9.93. The third kappa shape index (κ3) is 3.84. The van der Waals surface area contributed by atoms with Crippen LogP contribution in [0.25, 0.3) is 0 Å². The molecular weight excluding hydrogens is 422 g/mol. The predicted octanol–water partition coefficient (Wildman–Crippen LogP) is 4.29. The minimum absolute atomic E-state index is 3.49. The standard InChI is InChI=1S/C8H6F13O3P/c9-2(25(22,23)24)1-4(12,13)6(16,17)8(20,21)7(18,19)5(14,15)3(10)11/h2-3H,1H2,(H2,22,23,24). The fourth-order valence-electron chi connectivity index (χ4n) is 1.23. The van der Waals surface area contributed by atoms with Crippen molar-refractivity contribution in [3.63, 3.8) is 0 Å². The summed E-state index contributed by atoms with van der Waals surface area (Å²) in [5.74, 6) is -41.4. The maximum absolute atomic E-state index is 13.0. The van der Waals surface area contributed by atoms with Gasteiger partial charge in [0.1, 0.15) is 0 Å². The molecule has 3 nitrogen and oxygen atoms in total. The molecule has 0 aliphatic carbocycles. The van der Waals surface area contributed by atoms with Gasteiger partial charge in [-0.25, -0.2) is 13.2 Å². The predicted molar refractivity (Wildman–Crippen MR) is 52.3 cm³/mol. The van der Waals surface area contributed by atoms with E-state index in [0.29, 0.717) is 0 Å². The van der Waals surface area contributed by atoms with Crippen molar-refractivity contribution in [2.45, 2.75) is 48.4 Å². The van der Waals surface area contributed by atoms with Crippen molar-refractivity contribution in [3.05, 3.63) is 0 Å². The van der Waals surface area contributed by atoms with Crippen LogP contribution >= 0.6 is 7.60 Å². The third-order valence-corrected chi connectivity index (χ3v) is 3.64. The summed E-state index contributed by atoms with van der Waals surface area (Å²) in [6.45, 7) is 0. The minimum atomic E-state index is -7.86. The van der Waals surface area contributed by atoms with E-state index in [0.717, 1.165) is 0 Å². The number of rotatable bonds is 8. The zero-order valence-corrected chi connectivity index (χ0v) is 11.9. The van der Waals surface area contributed by atoms with E-state index in [4.69, 9.17) is 9.79 Å². The van der Waals surface area contributed by atoms with Crippen LogP contribution in [-0.2, 0) is 4.57 Å². The molecule has 2 N–H and O–H groups in total. The fourth-order valence-corrected chi connectivity index (χ4v) is 1.70. The van der Waals surface area contributed by atoms with Gasteiger partial charge in [-0.05, 0) is 0 Å². The number of halogens is 13. The van der Waals surface area contributed by atoms with Gasteiger partial charge in [-0.1, -0.05) is 0 Å². The lowest BCUT2D eigenvalue weighted by molar-refractivity contribution is -0.413. The molecule has 1 unspecified atom stereocenters. The maximum atomic E-state index is 13.0. The molecule has 0 aliphatic heterocycles. The lowest BCUT2D eigenvalue weighted by Gasteiger charge is -2.39. The van der Waals surface area contributed by atoms with E-state index in [1.165, 1.54) is 0 Å². The SMILES string of the molecule is O=P(O)(O)C(F)CC(F)(F)C(F)(F)C(F)(F)C(F)(F)C(F)(F)C(F)F. The van der Waals surface area contributed by atoms with Gasteiger partial charge in [0.05, 0.1) is 6.42 Å². The monoisotopic (exact) mass is 428 g/mol. The van der Waals surface area contributed by atoms with Gasteiger partial charge in [0.25, 0.3) is 0 Å². The van der Waals surface area contributed by atoms with E-state index in [2.05, 4.69) is 0 Å². The zero-order chi connectivity index (χ0) is 20.9. The van der Waals surface area contributed by atoms with Crippen molar-refractivity contribution in [3.8, 4) is 0 Å². The minimum Gasteiger partial charge on any atom is -0.322 e. The summed E-state index contributed by atoms with van der Waals surface area (Å²) >= 11 is 0. The molecule has 0 heterocycles. The van der Waals surface area contributed by atoms with Crippen LogP contribution in [0.4, 0.5) is 57.1 Å². The molecule has 0 aromatic carbocycles. The molecule has 0 bridgehead atoms. The molecule has 0 spiro atoms. The van der Waals surface area contributed by atoms with Crippen LogP contribution in [0.2, 0.25) is 0 Å². The number of alkyl halides is 13. The van der Waals surface area contributed by atoms with Crippen molar-refractivity contribution in [2.24, 2.45) is 0 Å². The summed E-state index contributed by atoms with van der Waals surface area (Å²) in [5.41, 5.74) is 0. The van der Waals surface area contributed by atoms with Crippen LogP contribution in [0.1, 0.15) is 6.42 Å². The first kappa shape index (κ1) is 24.2. The molecule has 0 saturated carbocycles. The Kier molecular flexibility index (Phi) is 6.25. The molecule has 0 aliphatic rings. The lowest BCUT2D eigenvalue weighted by Crippen LogP contribution is -2.68. The van der Waals surface area contributed by atoms with Gasteiger partial charge in [-0.15, -0.1) is 0 Å². The molecule has 0 rings (SSSR count). The van der Waals surface area contributed by atoms with Gasteiger partial charge in [0.2, 0.25) is 5.91 Å². The fraction of sp³-hybridized carbons (Fsp3) is 1.00. The first-order chi connectivity index (χ1) is 10.6. The van der Waals surface area contributed by atoms with E-state index in [9.17, 15) is 61.6 Å². The number of hydrogen-bond acceptors (Lipinski definition) is 1. The van der Waals surface area contributed by atoms with E-state index >= 15 is 0 Å². The smallest absolute Gasteiger partial charge is 0.322 e. The van der Waals surface area contributed by atoms with Crippen LogP contribution in [-0.4, -0.2) is 51.7 Å². The summed E-state index contributed by atoms with van der Waals surface area (Å²) in [6.07, 6.45) is -9.17. The summed E-state index contributed by atoms with van der Waals surface area (Å²) < 4.78 is 175.